The van der Waals surface area contributed by atoms with E-state index in [1.807, 2.05) is 18.2 Å². The van der Waals surface area contributed by atoms with Gasteiger partial charge in [0, 0.05) is 22.6 Å². The fourth-order valence-corrected chi connectivity index (χ4v) is 2.13. The molecular formula is C11H15BrClNO. The highest BCUT2D eigenvalue weighted by molar-refractivity contribution is 9.10. The zero-order valence-electron chi connectivity index (χ0n) is 8.67. The highest BCUT2D eigenvalue weighted by atomic mass is 79.9. The first-order chi connectivity index (χ1) is 7.13. The summed E-state index contributed by atoms with van der Waals surface area (Å²) in [4.78, 5) is 0. The van der Waals surface area contributed by atoms with Crippen molar-refractivity contribution in [3.8, 4) is 0 Å². The standard InChI is InChI=1S/C11H15BrClNO/c1-15-7-10(14)5-3-8-2-4-9(12)6-11(8)13/h2,4,6,10H,3,5,7,14H2,1H3. The average molecular weight is 293 g/mol. The lowest BCUT2D eigenvalue weighted by Gasteiger charge is -2.10. The Balaban J connectivity index is 2.50. The molecule has 2 N–H and O–H groups in total. The second-order valence-electron chi connectivity index (χ2n) is 3.49. The zero-order valence-corrected chi connectivity index (χ0v) is 11.0. The van der Waals surface area contributed by atoms with E-state index in [1.165, 1.54) is 0 Å². The maximum atomic E-state index is 6.09. The maximum Gasteiger partial charge on any atom is 0.0613 e. The van der Waals surface area contributed by atoms with Gasteiger partial charge in [-0.1, -0.05) is 33.6 Å². The molecule has 1 unspecified atom stereocenters. The van der Waals surface area contributed by atoms with E-state index < -0.39 is 0 Å². The Morgan fingerprint density at radius 1 is 1.53 bits per heavy atom. The number of benzene rings is 1. The second kappa shape index (κ2) is 6.48. The van der Waals surface area contributed by atoms with Gasteiger partial charge in [-0.2, -0.15) is 0 Å². The van der Waals surface area contributed by atoms with Gasteiger partial charge in [-0.05, 0) is 30.5 Å². The van der Waals surface area contributed by atoms with Crippen LogP contribution in [0.15, 0.2) is 22.7 Å². The van der Waals surface area contributed by atoms with Crippen LogP contribution in [-0.2, 0) is 11.2 Å². The van der Waals surface area contributed by atoms with Gasteiger partial charge in [0.15, 0.2) is 0 Å². The summed E-state index contributed by atoms with van der Waals surface area (Å²) in [6.07, 6.45) is 1.77. The third-order valence-electron chi connectivity index (χ3n) is 2.18. The number of methoxy groups -OCH3 is 1. The van der Waals surface area contributed by atoms with Gasteiger partial charge in [0.25, 0.3) is 0 Å². The molecular weight excluding hydrogens is 277 g/mol. The van der Waals surface area contributed by atoms with Crippen molar-refractivity contribution in [3.63, 3.8) is 0 Å². The van der Waals surface area contributed by atoms with Crippen LogP contribution < -0.4 is 5.73 Å². The Hall–Kier alpha value is -0.0900. The van der Waals surface area contributed by atoms with Crippen LogP contribution in [-0.4, -0.2) is 19.8 Å². The van der Waals surface area contributed by atoms with Crippen molar-refractivity contribution in [2.45, 2.75) is 18.9 Å². The number of ether oxygens (including phenoxy) is 1. The Morgan fingerprint density at radius 3 is 2.87 bits per heavy atom. The summed E-state index contributed by atoms with van der Waals surface area (Å²) in [5.41, 5.74) is 6.97. The predicted molar refractivity (Wildman–Crippen MR) is 67.3 cm³/mol. The van der Waals surface area contributed by atoms with Crippen LogP contribution in [0.5, 0.6) is 0 Å². The molecule has 0 bridgehead atoms. The van der Waals surface area contributed by atoms with Gasteiger partial charge in [-0.25, -0.2) is 0 Å². The summed E-state index contributed by atoms with van der Waals surface area (Å²) in [7, 11) is 1.66. The Bertz CT molecular complexity index is 319. The lowest BCUT2D eigenvalue weighted by atomic mass is 10.1. The molecule has 0 aromatic heterocycles. The third-order valence-corrected chi connectivity index (χ3v) is 3.03. The number of halogens is 2. The molecule has 1 atom stereocenters. The van der Waals surface area contributed by atoms with Crippen molar-refractivity contribution in [1.82, 2.24) is 0 Å². The molecule has 2 nitrogen and oxygen atoms in total. The highest BCUT2D eigenvalue weighted by Gasteiger charge is 2.05. The largest absolute Gasteiger partial charge is 0.383 e. The lowest BCUT2D eigenvalue weighted by molar-refractivity contribution is 0.177. The molecule has 0 fully saturated rings. The minimum Gasteiger partial charge on any atom is -0.383 e. The molecule has 0 heterocycles. The lowest BCUT2D eigenvalue weighted by Crippen LogP contribution is -2.26. The van der Waals surface area contributed by atoms with Crippen molar-refractivity contribution in [3.05, 3.63) is 33.3 Å². The molecule has 0 spiro atoms. The molecule has 0 aliphatic carbocycles. The Kier molecular flexibility index (Phi) is 5.61. The van der Waals surface area contributed by atoms with Crippen LogP contribution >= 0.6 is 27.5 Å². The monoisotopic (exact) mass is 291 g/mol. The maximum absolute atomic E-state index is 6.09. The fourth-order valence-electron chi connectivity index (χ4n) is 1.36. The van der Waals surface area contributed by atoms with E-state index in [1.54, 1.807) is 7.11 Å². The quantitative estimate of drug-likeness (QED) is 0.905. The molecule has 0 radical (unpaired) electrons. The van der Waals surface area contributed by atoms with Crippen LogP contribution in [0.3, 0.4) is 0 Å². The number of aryl methyl sites for hydroxylation is 1. The third kappa shape index (κ3) is 4.51. The number of hydrogen-bond acceptors (Lipinski definition) is 2. The van der Waals surface area contributed by atoms with E-state index in [9.17, 15) is 0 Å². The number of nitrogens with two attached hydrogens (primary N) is 1. The summed E-state index contributed by atoms with van der Waals surface area (Å²) in [6.45, 7) is 0.591. The van der Waals surface area contributed by atoms with Gasteiger partial charge >= 0.3 is 0 Å². The van der Waals surface area contributed by atoms with Crippen LogP contribution in [0.1, 0.15) is 12.0 Å². The normalized spacial score (nSPS) is 12.8. The van der Waals surface area contributed by atoms with Crippen LogP contribution in [0.4, 0.5) is 0 Å². The molecule has 0 saturated carbocycles. The summed E-state index contributed by atoms with van der Waals surface area (Å²) < 4.78 is 5.97. The van der Waals surface area contributed by atoms with Gasteiger partial charge in [-0.15, -0.1) is 0 Å². The van der Waals surface area contributed by atoms with Crippen molar-refractivity contribution in [2.75, 3.05) is 13.7 Å². The van der Waals surface area contributed by atoms with Crippen LogP contribution in [0.25, 0.3) is 0 Å². The van der Waals surface area contributed by atoms with E-state index in [0.29, 0.717) is 6.61 Å². The number of rotatable bonds is 5. The van der Waals surface area contributed by atoms with Gasteiger partial charge in [0.05, 0.1) is 6.61 Å². The Morgan fingerprint density at radius 2 is 2.27 bits per heavy atom. The van der Waals surface area contributed by atoms with E-state index in [0.717, 1.165) is 27.9 Å². The summed E-state index contributed by atoms with van der Waals surface area (Å²) in [6, 6.07) is 5.99. The molecule has 1 aromatic rings. The van der Waals surface area contributed by atoms with Crippen molar-refractivity contribution < 1.29 is 4.74 Å². The first-order valence-electron chi connectivity index (χ1n) is 4.82. The van der Waals surface area contributed by atoms with E-state index >= 15 is 0 Å². The average Bonchev–Trinajstić information content (AvgIpc) is 2.17. The van der Waals surface area contributed by atoms with Crippen LogP contribution in [0.2, 0.25) is 5.02 Å². The molecule has 1 aromatic carbocycles. The van der Waals surface area contributed by atoms with Gasteiger partial charge in [-0.3, -0.25) is 0 Å². The minimum atomic E-state index is 0.0784. The molecule has 0 aliphatic heterocycles. The van der Waals surface area contributed by atoms with Crippen molar-refractivity contribution in [2.24, 2.45) is 5.73 Å². The molecule has 0 aliphatic rings. The molecule has 0 amide bonds. The molecule has 84 valence electrons. The topological polar surface area (TPSA) is 35.2 Å². The first-order valence-corrected chi connectivity index (χ1v) is 5.99. The fraction of sp³-hybridized carbons (Fsp3) is 0.455. The number of hydrogen-bond donors (Lipinski definition) is 1. The van der Waals surface area contributed by atoms with E-state index in [2.05, 4.69) is 15.9 Å². The first kappa shape index (κ1) is 13.0. The van der Waals surface area contributed by atoms with Gasteiger partial charge < -0.3 is 10.5 Å². The molecule has 4 heteroatoms. The Labute approximate surface area is 104 Å². The van der Waals surface area contributed by atoms with Crippen molar-refractivity contribution in [1.29, 1.82) is 0 Å². The van der Waals surface area contributed by atoms with E-state index in [4.69, 9.17) is 22.1 Å². The van der Waals surface area contributed by atoms with Gasteiger partial charge in [0.1, 0.15) is 0 Å². The molecule has 0 saturated heterocycles. The highest BCUT2D eigenvalue weighted by Crippen LogP contribution is 2.22. The molecule has 1 rings (SSSR count). The van der Waals surface area contributed by atoms with E-state index in [-0.39, 0.29) is 6.04 Å². The van der Waals surface area contributed by atoms with Gasteiger partial charge in [0.2, 0.25) is 0 Å². The molecule has 15 heavy (non-hydrogen) atoms. The summed E-state index contributed by atoms with van der Waals surface area (Å²) in [5, 5.41) is 0.786. The zero-order chi connectivity index (χ0) is 11.3. The van der Waals surface area contributed by atoms with Crippen molar-refractivity contribution >= 4 is 27.5 Å². The SMILES string of the molecule is COCC(N)CCc1ccc(Br)cc1Cl. The smallest absolute Gasteiger partial charge is 0.0613 e. The summed E-state index contributed by atoms with van der Waals surface area (Å²) >= 11 is 9.46. The summed E-state index contributed by atoms with van der Waals surface area (Å²) in [5.74, 6) is 0. The predicted octanol–water partition coefficient (Wildman–Crippen LogP) is 3.01. The van der Waals surface area contributed by atoms with Crippen LogP contribution in [0, 0.1) is 0 Å². The second-order valence-corrected chi connectivity index (χ2v) is 4.81. The minimum absolute atomic E-state index is 0.0784.